The highest BCUT2D eigenvalue weighted by atomic mass is 32.2. The van der Waals surface area contributed by atoms with Crippen molar-refractivity contribution in [2.75, 3.05) is 18.6 Å². The number of hydrogen-bond donors (Lipinski definition) is 1. The molecule has 0 radical (unpaired) electrons. The Bertz CT molecular complexity index is 121. The molecule has 2 heteroatoms. The molecule has 0 aromatic rings. The molecule has 0 heterocycles. The summed E-state index contributed by atoms with van der Waals surface area (Å²) in [5.41, 5.74) is 0. The number of nitrogens with one attached hydrogen (secondary N) is 1. The molecule has 1 N–H and O–H groups in total. The van der Waals surface area contributed by atoms with Crippen LogP contribution in [0, 0.1) is 5.92 Å². The molecule has 1 aliphatic rings. The summed E-state index contributed by atoms with van der Waals surface area (Å²) in [4.78, 5) is 0. The van der Waals surface area contributed by atoms with Crippen LogP contribution in [0.15, 0.2) is 0 Å². The van der Waals surface area contributed by atoms with Crippen LogP contribution in [0.25, 0.3) is 0 Å². The summed E-state index contributed by atoms with van der Waals surface area (Å²) < 4.78 is 0. The highest BCUT2D eigenvalue weighted by Crippen LogP contribution is 2.27. The second-order valence-electron chi connectivity index (χ2n) is 4.13. The predicted molar refractivity (Wildman–Crippen MR) is 62.4 cm³/mol. The minimum Gasteiger partial charge on any atom is -0.314 e. The van der Waals surface area contributed by atoms with E-state index in [0.29, 0.717) is 0 Å². The molecule has 1 unspecified atom stereocenters. The quantitative estimate of drug-likeness (QED) is 0.663. The van der Waals surface area contributed by atoms with Gasteiger partial charge in [-0.15, -0.1) is 0 Å². The normalized spacial score (nSPS) is 20.8. The molecule has 78 valence electrons. The molecule has 0 aromatic heterocycles. The Morgan fingerprint density at radius 2 is 2.08 bits per heavy atom. The van der Waals surface area contributed by atoms with Gasteiger partial charge in [0, 0.05) is 6.04 Å². The number of rotatable bonds is 6. The highest BCUT2D eigenvalue weighted by Gasteiger charge is 2.20. The monoisotopic (exact) mass is 201 g/mol. The van der Waals surface area contributed by atoms with Crippen molar-refractivity contribution < 1.29 is 0 Å². The molecule has 0 spiro atoms. The minimum atomic E-state index is 0.754. The van der Waals surface area contributed by atoms with Crippen LogP contribution >= 0.6 is 11.8 Å². The molecule has 0 aliphatic heterocycles. The van der Waals surface area contributed by atoms with E-state index in [9.17, 15) is 0 Å². The van der Waals surface area contributed by atoms with E-state index in [-0.39, 0.29) is 0 Å². The lowest BCUT2D eigenvalue weighted by Gasteiger charge is -2.20. The fraction of sp³-hybridized carbons (Fsp3) is 1.00. The first-order valence-corrected chi connectivity index (χ1v) is 6.96. The maximum absolute atomic E-state index is 3.65. The Morgan fingerprint density at radius 1 is 1.38 bits per heavy atom. The maximum Gasteiger partial charge on any atom is 0.00670 e. The molecule has 1 fully saturated rings. The van der Waals surface area contributed by atoms with E-state index < -0.39 is 0 Å². The summed E-state index contributed by atoms with van der Waals surface area (Å²) in [6.07, 6.45) is 9.33. The summed E-state index contributed by atoms with van der Waals surface area (Å²) in [5, 5.41) is 3.65. The summed E-state index contributed by atoms with van der Waals surface area (Å²) >= 11 is 1.95. The molecule has 1 aliphatic carbocycles. The van der Waals surface area contributed by atoms with Crippen molar-refractivity contribution in [1.82, 2.24) is 5.32 Å². The second kappa shape index (κ2) is 6.72. The zero-order chi connectivity index (χ0) is 9.52. The maximum atomic E-state index is 3.65. The third-order valence-corrected chi connectivity index (χ3v) is 3.80. The lowest BCUT2D eigenvalue weighted by atomic mass is 10.00. The zero-order valence-corrected chi connectivity index (χ0v) is 9.83. The molecular weight excluding hydrogens is 178 g/mol. The van der Waals surface area contributed by atoms with E-state index in [2.05, 4.69) is 18.5 Å². The Kier molecular flexibility index (Phi) is 5.88. The van der Waals surface area contributed by atoms with Crippen LogP contribution in [0.3, 0.4) is 0 Å². The lowest BCUT2D eigenvalue weighted by Crippen LogP contribution is -2.33. The molecular formula is C11H23NS. The molecule has 0 aromatic carbocycles. The molecule has 0 bridgehead atoms. The fourth-order valence-electron chi connectivity index (χ4n) is 2.17. The summed E-state index contributed by atoms with van der Waals surface area (Å²) in [5.74, 6) is 2.26. The average molecular weight is 201 g/mol. The SMILES string of the molecule is CSCCCNC(C)C1CCCC1. The lowest BCUT2D eigenvalue weighted by molar-refractivity contribution is 0.383. The van der Waals surface area contributed by atoms with Crippen LogP contribution in [0.2, 0.25) is 0 Å². The topological polar surface area (TPSA) is 12.0 Å². The van der Waals surface area contributed by atoms with E-state index in [1.54, 1.807) is 0 Å². The van der Waals surface area contributed by atoms with Crippen molar-refractivity contribution in [2.45, 2.75) is 45.1 Å². The van der Waals surface area contributed by atoms with Gasteiger partial charge in [0.2, 0.25) is 0 Å². The van der Waals surface area contributed by atoms with Gasteiger partial charge in [-0.05, 0) is 50.7 Å². The fourth-order valence-corrected chi connectivity index (χ4v) is 2.60. The van der Waals surface area contributed by atoms with Crippen molar-refractivity contribution >= 4 is 11.8 Å². The van der Waals surface area contributed by atoms with Gasteiger partial charge < -0.3 is 5.32 Å². The zero-order valence-electron chi connectivity index (χ0n) is 9.01. The Labute approximate surface area is 87.1 Å². The first-order chi connectivity index (χ1) is 6.34. The third kappa shape index (κ3) is 4.37. The largest absolute Gasteiger partial charge is 0.314 e. The van der Waals surface area contributed by atoms with Gasteiger partial charge in [-0.1, -0.05) is 12.8 Å². The van der Waals surface area contributed by atoms with Crippen LogP contribution in [0.1, 0.15) is 39.0 Å². The minimum absolute atomic E-state index is 0.754. The highest BCUT2D eigenvalue weighted by molar-refractivity contribution is 7.98. The van der Waals surface area contributed by atoms with E-state index >= 15 is 0 Å². The van der Waals surface area contributed by atoms with Crippen LogP contribution in [0.5, 0.6) is 0 Å². The van der Waals surface area contributed by atoms with Gasteiger partial charge in [-0.2, -0.15) is 11.8 Å². The van der Waals surface area contributed by atoms with E-state index in [4.69, 9.17) is 0 Å². The van der Waals surface area contributed by atoms with Crippen LogP contribution in [-0.2, 0) is 0 Å². The van der Waals surface area contributed by atoms with Crippen molar-refractivity contribution in [2.24, 2.45) is 5.92 Å². The summed E-state index contributed by atoms with van der Waals surface area (Å²) in [6, 6.07) is 0.754. The smallest absolute Gasteiger partial charge is 0.00670 e. The van der Waals surface area contributed by atoms with E-state index in [1.165, 1.54) is 44.4 Å². The molecule has 0 saturated heterocycles. The van der Waals surface area contributed by atoms with Crippen molar-refractivity contribution in [3.63, 3.8) is 0 Å². The first-order valence-electron chi connectivity index (χ1n) is 5.57. The molecule has 13 heavy (non-hydrogen) atoms. The van der Waals surface area contributed by atoms with Crippen molar-refractivity contribution in [1.29, 1.82) is 0 Å². The van der Waals surface area contributed by atoms with Gasteiger partial charge in [0.05, 0.1) is 0 Å². The van der Waals surface area contributed by atoms with E-state index in [1.807, 2.05) is 11.8 Å². The predicted octanol–water partition coefficient (Wildman–Crippen LogP) is 2.91. The summed E-state index contributed by atoms with van der Waals surface area (Å²) in [6.45, 7) is 3.56. The molecule has 1 rings (SSSR count). The van der Waals surface area contributed by atoms with Gasteiger partial charge in [0.25, 0.3) is 0 Å². The molecule has 0 amide bonds. The van der Waals surface area contributed by atoms with Gasteiger partial charge in [-0.25, -0.2) is 0 Å². The van der Waals surface area contributed by atoms with E-state index in [0.717, 1.165) is 12.0 Å². The third-order valence-electron chi connectivity index (χ3n) is 3.10. The Balaban J connectivity index is 1.99. The number of hydrogen-bond acceptors (Lipinski definition) is 2. The van der Waals surface area contributed by atoms with Gasteiger partial charge in [0.15, 0.2) is 0 Å². The standard InChI is InChI=1S/C11H23NS/c1-10(11-6-3-4-7-11)12-8-5-9-13-2/h10-12H,3-9H2,1-2H3. The molecule has 1 atom stereocenters. The van der Waals surface area contributed by atoms with Crippen LogP contribution in [-0.4, -0.2) is 24.6 Å². The van der Waals surface area contributed by atoms with Crippen LogP contribution < -0.4 is 5.32 Å². The first kappa shape index (κ1) is 11.4. The van der Waals surface area contributed by atoms with Crippen molar-refractivity contribution in [3.8, 4) is 0 Å². The second-order valence-corrected chi connectivity index (χ2v) is 5.12. The molecule has 1 nitrogen and oxygen atoms in total. The Hall–Kier alpha value is 0.310. The summed E-state index contributed by atoms with van der Waals surface area (Å²) in [7, 11) is 0. The van der Waals surface area contributed by atoms with Gasteiger partial charge in [0.1, 0.15) is 0 Å². The van der Waals surface area contributed by atoms with Crippen LogP contribution in [0.4, 0.5) is 0 Å². The van der Waals surface area contributed by atoms with Crippen molar-refractivity contribution in [3.05, 3.63) is 0 Å². The van der Waals surface area contributed by atoms with Gasteiger partial charge >= 0.3 is 0 Å². The Morgan fingerprint density at radius 3 is 2.69 bits per heavy atom. The molecule has 1 saturated carbocycles. The number of thioether (sulfide) groups is 1. The average Bonchev–Trinajstić information content (AvgIpc) is 2.65. The van der Waals surface area contributed by atoms with Gasteiger partial charge in [-0.3, -0.25) is 0 Å².